The van der Waals surface area contributed by atoms with Gasteiger partial charge in [-0.3, -0.25) is 0 Å². The highest BCUT2D eigenvalue weighted by Crippen LogP contribution is 2.26. The van der Waals surface area contributed by atoms with Crippen molar-refractivity contribution in [1.29, 1.82) is 0 Å². The lowest BCUT2D eigenvalue weighted by Gasteiger charge is -2.18. The summed E-state index contributed by atoms with van der Waals surface area (Å²) in [5.74, 6) is 1.45. The summed E-state index contributed by atoms with van der Waals surface area (Å²) in [6.07, 6.45) is 6.23. The SMILES string of the molecule is NCc1cc2c(nc1OCc1ccco1)CCCC2. The molecule has 0 atom stereocenters. The third-order valence-corrected chi connectivity index (χ3v) is 3.49. The summed E-state index contributed by atoms with van der Waals surface area (Å²) >= 11 is 0. The van der Waals surface area contributed by atoms with Crippen molar-refractivity contribution < 1.29 is 9.15 Å². The largest absolute Gasteiger partial charge is 0.469 e. The smallest absolute Gasteiger partial charge is 0.218 e. The van der Waals surface area contributed by atoms with Crippen molar-refractivity contribution in [2.24, 2.45) is 5.73 Å². The van der Waals surface area contributed by atoms with Crippen LogP contribution in [0.5, 0.6) is 5.88 Å². The molecule has 0 aromatic carbocycles. The number of hydrogen-bond donors (Lipinski definition) is 1. The van der Waals surface area contributed by atoms with E-state index in [1.807, 2.05) is 12.1 Å². The van der Waals surface area contributed by atoms with Crippen molar-refractivity contribution >= 4 is 0 Å². The van der Waals surface area contributed by atoms with Gasteiger partial charge in [0.25, 0.3) is 0 Å². The molecule has 0 fully saturated rings. The third-order valence-electron chi connectivity index (χ3n) is 3.49. The molecule has 0 radical (unpaired) electrons. The standard InChI is InChI=1S/C15H18N2O2/c16-9-12-8-11-4-1-2-6-14(11)17-15(12)19-10-13-5-3-7-18-13/h3,5,7-8H,1-2,4,6,9-10,16H2. The van der Waals surface area contributed by atoms with Gasteiger partial charge in [-0.25, -0.2) is 4.98 Å². The molecule has 3 rings (SSSR count). The fraction of sp³-hybridized carbons (Fsp3) is 0.400. The highest BCUT2D eigenvalue weighted by Gasteiger charge is 2.15. The summed E-state index contributed by atoms with van der Waals surface area (Å²) in [6, 6.07) is 5.89. The first-order valence-corrected chi connectivity index (χ1v) is 6.73. The van der Waals surface area contributed by atoms with Crippen molar-refractivity contribution in [3.63, 3.8) is 0 Å². The number of rotatable bonds is 4. The molecule has 100 valence electrons. The number of fused-ring (bicyclic) bond motifs is 1. The second-order valence-electron chi connectivity index (χ2n) is 4.84. The lowest BCUT2D eigenvalue weighted by molar-refractivity contribution is 0.257. The number of hydrogen-bond acceptors (Lipinski definition) is 4. The Labute approximate surface area is 112 Å². The Morgan fingerprint density at radius 2 is 2.21 bits per heavy atom. The van der Waals surface area contributed by atoms with Crippen molar-refractivity contribution in [2.45, 2.75) is 38.8 Å². The lowest BCUT2D eigenvalue weighted by atomic mass is 9.95. The second-order valence-corrected chi connectivity index (χ2v) is 4.84. The van der Waals surface area contributed by atoms with Gasteiger partial charge in [0.05, 0.1) is 6.26 Å². The van der Waals surface area contributed by atoms with Gasteiger partial charge in [0.15, 0.2) is 0 Å². The number of nitrogens with two attached hydrogens (primary N) is 1. The molecule has 0 unspecified atom stereocenters. The molecule has 2 heterocycles. The van der Waals surface area contributed by atoms with E-state index in [2.05, 4.69) is 11.1 Å². The van der Waals surface area contributed by atoms with Gasteiger partial charge < -0.3 is 14.9 Å². The molecule has 0 amide bonds. The number of aryl methyl sites for hydroxylation is 2. The first kappa shape index (κ1) is 12.2. The number of pyridine rings is 1. The number of ether oxygens (including phenoxy) is 1. The molecule has 0 saturated heterocycles. The minimum Gasteiger partial charge on any atom is -0.469 e. The van der Waals surface area contributed by atoms with Gasteiger partial charge >= 0.3 is 0 Å². The Hall–Kier alpha value is -1.81. The van der Waals surface area contributed by atoms with Gasteiger partial charge in [-0.2, -0.15) is 0 Å². The topological polar surface area (TPSA) is 61.3 Å². The summed E-state index contributed by atoms with van der Waals surface area (Å²) in [5, 5.41) is 0. The maximum Gasteiger partial charge on any atom is 0.218 e. The number of furan rings is 1. The van der Waals surface area contributed by atoms with E-state index in [0.717, 1.165) is 29.9 Å². The number of nitrogens with zero attached hydrogens (tertiary/aromatic N) is 1. The molecule has 19 heavy (non-hydrogen) atoms. The highest BCUT2D eigenvalue weighted by molar-refractivity contribution is 5.35. The maximum absolute atomic E-state index is 5.79. The summed E-state index contributed by atoms with van der Waals surface area (Å²) in [4.78, 5) is 4.64. The molecule has 0 saturated carbocycles. The zero-order valence-corrected chi connectivity index (χ0v) is 10.9. The lowest BCUT2D eigenvalue weighted by Crippen LogP contribution is -2.11. The Bertz CT molecular complexity index is 550. The molecule has 0 aliphatic heterocycles. The van der Waals surface area contributed by atoms with Crippen LogP contribution in [0.25, 0.3) is 0 Å². The summed E-state index contributed by atoms with van der Waals surface area (Å²) in [5.41, 5.74) is 9.26. The van der Waals surface area contributed by atoms with Gasteiger partial charge in [-0.05, 0) is 49.4 Å². The molecule has 4 nitrogen and oxygen atoms in total. The molecule has 2 aromatic rings. The molecule has 0 bridgehead atoms. The highest BCUT2D eigenvalue weighted by atomic mass is 16.5. The van der Waals surface area contributed by atoms with E-state index in [0.29, 0.717) is 19.0 Å². The van der Waals surface area contributed by atoms with Crippen molar-refractivity contribution in [3.8, 4) is 5.88 Å². The van der Waals surface area contributed by atoms with Gasteiger partial charge in [0.2, 0.25) is 5.88 Å². The first-order valence-electron chi connectivity index (χ1n) is 6.73. The molecular weight excluding hydrogens is 240 g/mol. The molecular formula is C15H18N2O2. The normalized spacial score (nSPS) is 14.2. The minimum absolute atomic E-state index is 0.395. The Morgan fingerprint density at radius 3 is 3.00 bits per heavy atom. The van der Waals surface area contributed by atoms with Crippen LogP contribution in [0.4, 0.5) is 0 Å². The van der Waals surface area contributed by atoms with Crippen LogP contribution in [-0.2, 0) is 26.0 Å². The summed E-state index contributed by atoms with van der Waals surface area (Å²) in [7, 11) is 0. The van der Waals surface area contributed by atoms with Crippen molar-refractivity contribution in [1.82, 2.24) is 4.98 Å². The quantitative estimate of drug-likeness (QED) is 0.915. The average Bonchev–Trinajstić information content (AvgIpc) is 2.97. The molecule has 2 N–H and O–H groups in total. The predicted molar refractivity (Wildman–Crippen MR) is 71.8 cm³/mol. The van der Waals surface area contributed by atoms with E-state index in [-0.39, 0.29) is 0 Å². The number of aromatic nitrogens is 1. The van der Waals surface area contributed by atoms with Crippen LogP contribution in [0.15, 0.2) is 28.9 Å². The zero-order chi connectivity index (χ0) is 13.1. The van der Waals surface area contributed by atoms with E-state index >= 15 is 0 Å². The van der Waals surface area contributed by atoms with E-state index in [1.54, 1.807) is 6.26 Å². The van der Waals surface area contributed by atoms with Crippen molar-refractivity contribution in [2.75, 3.05) is 0 Å². The Kier molecular flexibility index (Phi) is 3.51. The minimum atomic E-state index is 0.395. The van der Waals surface area contributed by atoms with Crippen LogP contribution in [0.3, 0.4) is 0 Å². The average molecular weight is 258 g/mol. The van der Waals surface area contributed by atoms with Crippen LogP contribution in [0.2, 0.25) is 0 Å². The predicted octanol–water partition coefficient (Wildman–Crippen LogP) is 2.59. The second kappa shape index (κ2) is 5.45. The monoisotopic (exact) mass is 258 g/mol. The maximum atomic E-state index is 5.79. The van der Waals surface area contributed by atoms with Crippen LogP contribution in [-0.4, -0.2) is 4.98 Å². The molecule has 4 heteroatoms. The third kappa shape index (κ3) is 2.63. The van der Waals surface area contributed by atoms with Crippen LogP contribution >= 0.6 is 0 Å². The summed E-state index contributed by atoms with van der Waals surface area (Å²) < 4.78 is 11.0. The van der Waals surface area contributed by atoms with E-state index in [9.17, 15) is 0 Å². The van der Waals surface area contributed by atoms with E-state index < -0.39 is 0 Å². The van der Waals surface area contributed by atoms with Crippen LogP contribution in [0.1, 0.15) is 35.4 Å². The van der Waals surface area contributed by atoms with Gasteiger partial charge in [0.1, 0.15) is 12.4 Å². The molecule has 0 spiro atoms. The van der Waals surface area contributed by atoms with Gasteiger partial charge in [-0.15, -0.1) is 0 Å². The fourth-order valence-corrected chi connectivity index (χ4v) is 2.47. The van der Waals surface area contributed by atoms with Crippen molar-refractivity contribution in [3.05, 3.63) is 47.0 Å². The molecule has 1 aliphatic carbocycles. The Morgan fingerprint density at radius 1 is 1.32 bits per heavy atom. The van der Waals surface area contributed by atoms with Gasteiger partial charge in [-0.1, -0.05) is 0 Å². The van der Waals surface area contributed by atoms with Crippen LogP contribution < -0.4 is 10.5 Å². The fourth-order valence-electron chi connectivity index (χ4n) is 2.47. The first-order chi connectivity index (χ1) is 9.36. The van der Waals surface area contributed by atoms with Gasteiger partial charge in [0, 0.05) is 17.8 Å². The Balaban J connectivity index is 1.82. The molecule has 2 aromatic heterocycles. The molecule has 1 aliphatic rings. The van der Waals surface area contributed by atoms with E-state index in [1.165, 1.54) is 18.4 Å². The van der Waals surface area contributed by atoms with Crippen LogP contribution in [0, 0.1) is 0 Å². The summed E-state index contributed by atoms with van der Waals surface area (Å²) in [6.45, 7) is 0.847. The zero-order valence-electron chi connectivity index (χ0n) is 10.9. The van der Waals surface area contributed by atoms with E-state index in [4.69, 9.17) is 14.9 Å².